The van der Waals surface area contributed by atoms with E-state index >= 15 is 0 Å². The third-order valence-corrected chi connectivity index (χ3v) is 5.44. The fourth-order valence-corrected chi connectivity index (χ4v) is 3.86. The second-order valence-electron chi connectivity index (χ2n) is 6.22. The van der Waals surface area contributed by atoms with E-state index < -0.39 is 12.1 Å². The number of anilines is 1. The Kier molecular flexibility index (Phi) is 5.29. The number of halogens is 2. The van der Waals surface area contributed by atoms with Gasteiger partial charge in [-0.2, -0.15) is 5.26 Å². The van der Waals surface area contributed by atoms with Gasteiger partial charge in [-0.05, 0) is 42.5 Å². The van der Waals surface area contributed by atoms with Gasteiger partial charge in [-0.3, -0.25) is 4.79 Å². The number of furan rings is 1. The van der Waals surface area contributed by atoms with Crippen LogP contribution in [0.4, 0.5) is 5.69 Å². The summed E-state index contributed by atoms with van der Waals surface area (Å²) in [5, 5.41) is 13.4. The van der Waals surface area contributed by atoms with E-state index in [0.29, 0.717) is 27.1 Å². The van der Waals surface area contributed by atoms with Crippen LogP contribution in [-0.2, 0) is 4.79 Å². The topological polar surface area (TPSA) is 69.3 Å². The Balaban J connectivity index is 1.80. The minimum atomic E-state index is -0.693. The molecule has 0 aliphatic carbocycles. The van der Waals surface area contributed by atoms with E-state index in [4.69, 9.17) is 27.6 Å². The molecule has 1 atom stereocenters. The van der Waals surface area contributed by atoms with Gasteiger partial charge in [0.15, 0.2) is 6.17 Å². The van der Waals surface area contributed by atoms with Crippen molar-refractivity contribution in [1.82, 2.24) is 5.32 Å². The van der Waals surface area contributed by atoms with Gasteiger partial charge in [0.2, 0.25) is 0 Å². The number of amides is 1. The zero-order chi connectivity index (χ0) is 20.5. The normalized spacial score (nSPS) is 16.6. The Labute approximate surface area is 182 Å². The van der Waals surface area contributed by atoms with Crippen molar-refractivity contribution in [2.45, 2.75) is 6.17 Å². The van der Waals surface area contributed by atoms with Crippen LogP contribution >= 0.6 is 35.8 Å². The first-order valence-corrected chi connectivity index (χ1v) is 9.73. The summed E-state index contributed by atoms with van der Waals surface area (Å²) in [7, 11) is 0. The van der Waals surface area contributed by atoms with E-state index in [2.05, 4.69) is 17.9 Å². The van der Waals surface area contributed by atoms with Crippen LogP contribution in [0.1, 0.15) is 11.9 Å². The summed E-state index contributed by atoms with van der Waals surface area (Å²) in [4.78, 5) is 14.2. The highest BCUT2D eigenvalue weighted by molar-refractivity contribution is 7.84. The second kappa shape index (κ2) is 7.88. The highest BCUT2D eigenvalue weighted by atomic mass is 35.5. The van der Waals surface area contributed by atoms with Gasteiger partial charge in [0.25, 0.3) is 5.91 Å². The van der Waals surface area contributed by atoms with Crippen LogP contribution in [-0.4, -0.2) is 5.91 Å². The van der Waals surface area contributed by atoms with Crippen molar-refractivity contribution in [2.24, 2.45) is 0 Å². The number of hydrogen-bond acceptors (Lipinski definition) is 5. The lowest BCUT2D eigenvalue weighted by atomic mass is 10.1. The SMILES string of the molecule is N#CC1=C(S)N(c2ccccc2)[C@H](c2ccc(-c3cc(Cl)ccc3Cl)o2)NC1=O. The molecule has 2 aromatic carbocycles. The quantitative estimate of drug-likeness (QED) is 0.522. The Morgan fingerprint density at radius 2 is 1.86 bits per heavy atom. The van der Waals surface area contributed by atoms with Crippen molar-refractivity contribution in [3.8, 4) is 17.4 Å². The van der Waals surface area contributed by atoms with Gasteiger partial charge in [-0.1, -0.05) is 41.4 Å². The molecule has 1 aliphatic heterocycles. The van der Waals surface area contributed by atoms with Crippen molar-refractivity contribution in [3.05, 3.63) is 87.1 Å². The first-order valence-electron chi connectivity index (χ1n) is 8.53. The van der Waals surface area contributed by atoms with Crippen molar-refractivity contribution in [1.29, 1.82) is 5.26 Å². The molecule has 1 amide bonds. The average Bonchev–Trinajstić information content (AvgIpc) is 3.20. The van der Waals surface area contributed by atoms with Crippen LogP contribution < -0.4 is 10.2 Å². The summed E-state index contributed by atoms with van der Waals surface area (Å²) < 4.78 is 6.02. The number of hydrogen-bond donors (Lipinski definition) is 2. The first-order chi connectivity index (χ1) is 14.0. The summed E-state index contributed by atoms with van der Waals surface area (Å²) in [5.74, 6) is 0.440. The number of carbonyl (C=O) groups excluding carboxylic acids is 1. The molecule has 0 spiro atoms. The monoisotopic (exact) mass is 441 g/mol. The maximum atomic E-state index is 12.4. The summed E-state index contributed by atoms with van der Waals surface area (Å²) in [6.07, 6.45) is -0.693. The summed E-state index contributed by atoms with van der Waals surface area (Å²) in [6, 6.07) is 19.8. The Bertz CT molecular complexity index is 1170. The molecule has 5 nitrogen and oxygen atoms in total. The maximum Gasteiger partial charge on any atom is 0.266 e. The van der Waals surface area contributed by atoms with E-state index in [-0.39, 0.29) is 10.6 Å². The molecule has 0 saturated heterocycles. The maximum absolute atomic E-state index is 12.4. The number of rotatable bonds is 3. The average molecular weight is 442 g/mol. The molecule has 29 heavy (non-hydrogen) atoms. The van der Waals surface area contributed by atoms with Crippen molar-refractivity contribution in [2.75, 3.05) is 4.90 Å². The first kappa shape index (κ1) is 19.5. The minimum Gasteiger partial charge on any atom is -0.457 e. The molecule has 0 saturated carbocycles. The smallest absolute Gasteiger partial charge is 0.266 e. The van der Waals surface area contributed by atoms with Gasteiger partial charge in [-0.25, -0.2) is 0 Å². The molecule has 1 aromatic heterocycles. The van der Waals surface area contributed by atoms with E-state index in [1.165, 1.54) is 0 Å². The Hall–Kier alpha value is -2.85. The Morgan fingerprint density at radius 3 is 2.59 bits per heavy atom. The lowest BCUT2D eigenvalue weighted by Gasteiger charge is -2.36. The highest BCUT2D eigenvalue weighted by Gasteiger charge is 2.35. The molecule has 8 heteroatoms. The van der Waals surface area contributed by atoms with Crippen molar-refractivity contribution < 1.29 is 9.21 Å². The van der Waals surface area contributed by atoms with E-state index in [1.807, 2.05) is 36.4 Å². The summed E-state index contributed by atoms with van der Waals surface area (Å²) in [6.45, 7) is 0. The Morgan fingerprint density at radius 1 is 1.10 bits per heavy atom. The van der Waals surface area contributed by atoms with Crippen LogP contribution in [0.2, 0.25) is 10.0 Å². The third-order valence-electron chi connectivity index (χ3n) is 4.44. The lowest BCUT2D eigenvalue weighted by Crippen LogP contribution is -2.45. The van der Waals surface area contributed by atoms with E-state index in [9.17, 15) is 10.1 Å². The largest absolute Gasteiger partial charge is 0.457 e. The molecule has 2 heterocycles. The molecule has 4 rings (SSSR count). The van der Waals surface area contributed by atoms with Gasteiger partial charge in [0.1, 0.15) is 23.2 Å². The predicted octanol–water partition coefficient (Wildman–Crippen LogP) is 5.55. The van der Waals surface area contributed by atoms with E-state index in [0.717, 1.165) is 5.69 Å². The van der Waals surface area contributed by atoms with Crippen LogP contribution in [0, 0.1) is 11.3 Å². The predicted molar refractivity (Wildman–Crippen MR) is 116 cm³/mol. The zero-order valence-electron chi connectivity index (χ0n) is 14.8. The van der Waals surface area contributed by atoms with Gasteiger partial charge in [-0.15, -0.1) is 12.6 Å². The highest BCUT2D eigenvalue weighted by Crippen LogP contribution is 2.38. The second-order valence-corrected chi connectivity index (χ2v) is 7.49. The van der Waals surface area contributed by atoms with Gasteiger partial charge < -0.3 is 14.6 Å². The van der Waals surface area contributed by atoms with Gasteiger partial charge in [0, 0.05) is 16.3 Å². The molecular formula is C21H13Cl2N3O2S. The summed E-state index contributed by atoms with van der Waals surface area (Å²) >= 11 is 16.8. The fourth-order valence-electron chi connectivity index (χ4n) is 3.10. The zero-order valence-corrected chi connectivity index (χ0v) is 17.2. The molecule has 1 aliphatic rings. The lowest BCUT2D eigenvalue weighted by molar-refractivity contribution is -0.118. The molecule has 1 N–H and O–H groups in total. The molecule has 0 unspecified atom stereocenters. The van der Waals surface area contributed by atoms with Crippen molar-refractivity contribution >= 4 is 47.4 Å². The standard InChI is InChI=1S/C21H13Cl2N3O2S/c22-12-6-7-16(23)14(10-12)17-8-9-18(28-17)19-25-20(27)15(11-24)21(29)26(19)13-4-2-1-3-5-13/h1-10,19,29H,(H,25,27)/t19-/m1/s1. The fraction of sp³-hybridized carbons (Fsp3) is 0.0476. The van der Waals surface area contributed by atoms with Crippen molar-refractivity contribution in [3.63, 3.8) is 0 Å². The van der Waals surface area contributed by atoms with Crippen LogP contribution in [0.25, 0.3) is 11.3 Å². The third kappa shape index (κ3) is 3.60. The molecule has 0 fully saturated rings. The van der Waals surface area contributed by atoms with Crippen LogP contribution in [0.15, 0.2) is 75.7 Å². The molecule has 144 valence electrons. The number of nitrogens with one attached hydrogen (secondary N) is 1. The molecule has 0 radical (unpaired) electrons. The number of carbonyl (C=O) groups is 1. The van der Waals surface area contributed by atoms with Crippen LogP contribution in [0.5, 0.6) is 0 Å². The number of para-hydroxylation sites is 1. The van der Waals surface area contributed by atoms with Gasteiger partial charge >= 0.3 is 0 Å². The number of nitrogens with zero attached hydrogens (tertiary/aromatic N) is 2. The van der Waals surface area contributed by atoms with Crippen LogP contribution in [0.3, 0.4) is 0 Å². The molecule has 0 bridgehead atoms. The van der Waals surface area contributed by atoms with E-state index in [1.54, 1.807) is 35.2 Å². The molecular weight excluding hydrogens is 429 g/mol. The molecule has 3 aromatic rings. The summed E-state index contributed by atoms with van der Waals surface area (Å²) in [5.41, 5.74) is 1.31. The number of benzene rings is 2. The number of nitriles is 1. The minimum absolute atomic E-state index is 0.0712. The number of thiol groups is 1. The van der Waals surface area contributed by atoms with Gasteiger partial charge in [0.05, 0.1) is 10.1 Å².